The summed E-state index contributed by atoms with van der Waals surface area (Å²) in [5.74, 6) is -0.0320. The number of methoxy groups -OCH3 is 1. The third kappa shape index (κ3) is 3.28. The van der Waals surface area contributed by atoms with Gasteiger partial charge in [0.1, 0.15) is 11.5 Å². The van der Waals surface area contributed by atoms with E-state index in [2.05, 4.69) is 0 Å². The lowest BCUT2D eigenvalue weighted by molar-refractivity contribution is 0.403. The summed E-state index contributed by atoms with van der Waals surface area (Å²) in [7, 11) is 2.90. The van der Waals surface area contributed by atoms with Crippen molar-refractivity contribution in [1.82, 2.24) is 0 Å². The third-order valence-electron chi connectivity index (χ3n) is 1.92. The molecule has 0 saturated heterocycles. The van der Waals surface area contributed by atoms with Gasteiger partial charge in [-0.1, -0.05) is 0 Å². The third-order valence-corrected chi connectivity index (χ3v) is 2.91. The molecule has 1 aromatic rings. The van der Waals surface area contributed by atoms with Gasteiger partial charge in [-0.15, -0.1) is 0 Å². The molecule has 0 unspecified atom stereocenters. The van der Waals surface area contributed by atoms with Crippen molar-refractivity contribution >= 4 is 19.7 Å². The van der Waals surface area contributed by atoms with E-state index in [0.717, 1.165) is 5.56 Å². The van der Waals surface area contributed by atoms with Gasteiger partial charge in [0, 0.05) is 22.3 Å². The Hall–Kier alpha value is -0.940. The fourth-order valence-corrected chi connectivity index (χ4v) is 2.21. The zero-order valence-electron chi connectivity index (χ0n) is 8.32. The van der Waals surface area contributed by atoms with Crippen molar-refractivity contribution in [2.75, 3.05) is 7.11 Å². The van der Waals surface area contributed by atoms with E-state index in [-0.39, 0.29) is 11.3 Å². The van der Waals surface area contributed by atoms with Gasteiger partial charge < -0.3 is 9.84 Å². The molecule has 0 saturated carbocycles. The van der Waals surface area contributed by atoms with Gasteiger partial charge >= 0.3 is 0 Å². The molecule has 4 nitrogen and oxygen atoms in total. The average molecular weight is 251 g/mol. The van der Waals surface area contributed by atoms with Crippen LogP contribution in [0.25, 0.3) is 0 Å². The highest BCUT2D eigenvalue weighted by Crippen LogP contribution is 2.29. The standard InChI is InChI=1S/C9H11ClO4S/c1-6-3-7(5-15(10,12)13)8(11)4-9(6)14-2/h3-4,11H,5H2,1-2H3. The van der Waals surface area contributed by atoms with E-state index in [1.54, 1.807) is 6.92 Å². The highest BCUT2D eigenvalue weighted by atomic mass is 35.7. The summed E-state index contributed by atoms with van der Waals surface area (Å²) in [6.45, 7) is 1.75. The molecular formula is C9H11ClO4S. The molecule has 1 N–H and O–H groups in total. The van der Waals surface area contributed by atoms with Crippen LogP contribution in [0.5, 0.6) is 11.5 Å². The highest BCUT2D eigenvalue weighted by molar-refractivity contribution is 8.13. The Morgan fingerprint density at radius 2 is 2.07 bits per heavy atom. The van der Waals surface area contributed by atoms with Gasteiger partial charge in [0.2, 0.25) is 9.05 Å². The normalized spacial score (nSPS) is 11.4. The number of phenolic OH excluding ortho intramolecular Hbond substituents is 1. The topological polar surface area (TPSA) is 63.6 Å². The smallest absolute Gasteiger partial charge is 0.236 e. The lowest BCUT2D eigenvalue weighted by Crippen LogP contribution is -1.97. The summed E-state index contributed by atoms with van der Waals surface area (Å²) in [5.41, 5.74) is 1.01. The van der Waals surface area contributed by atoms with E-state index in [4.69, 9.17) is 15.4 Å². The number of hydrogen-bond acceptors (Lipinski definition) is 4. The molecule has 0 aliphatic carbocycles. The molecule has 0 heterocycles. The monoisotopic (exact) mass is 250 g/mol. The van der Waals surface area contributed by atoms with E-state index in [1.165, 1.54) is 19.2 Å². The summed E-state index contributed by atoms with van der Waals surface area (Å²) >= 11 is 0. The van der Waals surface area contributed by atoms with Crippen molar-refractivity contribution in [3.8, 4) is 11.5 Å². The zero-order valence-corrected chi connectivity index (χ0v) is 9.89. The van der Waals surface area contributed by atoms with Crippen molar-refractivity contribution in [3.05, 3.63) is 23.3 Å². The van der Waals surface area contributed by atoms with Crippen LogP contribution in [-0.4, -0.2) is 20.6 Å². The summed E-state index contributed by atoms with van der Waals surface area (Å²) in [5, 5.41) is 9.51. The second-order valence-corrected chi connectivity index (χ2v) is 5.91. The number of aryl methyl sites for hydroxylation is 1. The Balaban J connectivity index is 3.17. The maximum atomic E-state index is 10.8. The molecular weight excluding hydrogens is 240 g/mol. The van der Waals surface area contributed by atoms with Gasteiger partial charge in [0.05, 0.1) is 12.9 Å². The van der Waals surface area contributed by atoms with E-state index < -0.39 is 14.8 Å². The van der Waals surface area contributed by atoms with Crippen LogP contribution in [0.4, 0.5) is 0 Å². The molecule has 0 spiro atoms. The second kappa shape index (κ2) is 4.28. The predicted molar refractivity (Wildman–Crippen MR) is 57.9 cm³/mol. The number of phenols is 1. The minimum atomic E-state index is -3.66. The lowest BCUT2D eigenvalue weighted by Gasteiger charge is -2.08. The van der Waals surface area contributed by atoms with E-state index in [9.17, 15) is 13.5 Å². The fourth-order valence-electron chi connectivity index (χ4n) is 1.26. The number of halogens is 1. The first-order valence-electron chi connectivity index (χ1n) is 4.12. The quantitative estimate of drug-likeness (QED) is 0.831. The van der Waals surface area contributed by atoms with Gasteiger partial charge in [-0.2, -0.15) is 0 Å². The second-order valence-electron chi connectivity index (χ2n) is 3.13. The fraction of sp³-hybridized carbons (Fsp3) is 0.333. The summed E-state index contributed by atoms with van der Waals surface area (Å²) in [6, 6.07) is 2.90. The number of benzene rings is 1. The zero-order chi connectivity index (χ0) is 11.6. The van der Waals surface area contributed by atoms with E-state index in [1.807, 2.05) is 0 Å². The molecule has 15 heavy (non-hydrogen) atoms. The average Bonchev–Trinajstić information content (AvgIpc) is 2.08. The molecule has 0 aliphatic rings. The van der Waals surface area contributed by atoms with Crippen LogP contribution < -0.4 is 4.74 Å². The SMILES string of the molecule is COc1cc(O)c(CS(=O)(=O)Cl)cc1C. The van der Waals surface area contributed by atoms with Crippen molar-refractivity contribution in [3.63, 3.8) is 0 Å². The Bertz CT molecular complexity index is 467. The van der Waals surface area contributed by atoms with Gasteiger partial charge in [-0.05, 0) is 18.6 Å². The number of hydrogen-bond donors (Lipinski definition) is 1. The van der Waals surface area contributed by atoms with Gasteiger partial charge in [-0.25, -0.2) is 8.42 Å². The number of ether oxygens (including phenoxy) is 1. The summed E-state index contributed by atoms with van der Waals surface area (Å²) < 4.78 is 26.7. The molecule has 0 atom stereocenters. The van der Waals surface area contributed by atoms with Crippen LogP contribution in [0.1, 0.15) is 11.1 Å². The Kier molecular flexibility index (Phi) is 3.46. The largest absolute Gasteiger partial charge is 0.507 e. The maximum Gasteiger partial charge on any atom is 0.236 e. The molecule has 0 fully saturated rings. The summed E-state index contributed by atoms with van der Waals surface area (Å²) in [4.78, 5) is 0. The van der Waals surface area contributed by atoms with Crippen molar-refractivity contribution in [2.45, 2.75) is 12.7 Å². The van der Waals surface area contributed by atoms with Crippen LogP contribution in [0.2, 0.25) is 0 Å². The molecule has 0 amide bonds. The van der Waals surface area contributed by atoms with Crippen LogP contribution in [0.15, 0.2) is 12.1 Å². The Labute approximate surface area is 92.9 Å². The highest BCUT2D eigenvalue weighted by Gasteiger charge is 2.13. The van der Waals surface area contributed by atoms with Crippen molar-refractivity contribution in [1.29, 1.82) is 0 Å². The van der Waals surface area contributed by atoms with Crippen molar-refractivity contribution < 1.29 is 18.3 Å². The molecule has 84 valence electrons. The van der Waals surface area contributed by atoms with Crippen LogP contribution >= 0.6 is 10.7 Å². The van der Waals surface area contributed by atoms with Crippen LogP contribution in [0.3, 0.4) is 0 Å². The van der Waals surface area contributed by atoms with E-state index in [0.29, 0.717) is 5.75 Å². The van der Waals surface area contributed by atoms with Gasteiger partial charge in [0.25, 0.3) is 0 Å². The maximum absolute atomic E-state index is 10.8. The Morgan fingerprint density at radius 3 is 2.53 bits per heavy atom. The first kappa shape index (κ1) is 12.1. The molecule has 0 radical (unpaired) electrons. The number of aromatic hydroxyl groups is 1. The predicted octanol–water partition coefficient (Wildman–Crippen LogP) is 1.78. The van der Waals surface area contributed by atoms with Gasteiger partial charge in [-0.3, -0.25) is 0 Å². The molecule has 6 heteroatoms. The molecule has 0 aromatic heterocycles. The molecule has 0 aliphatic heterocycles. The first-order chi connectivity index (χ1) is 6.83. The minimum Gasteiger partial charge on any atom is -0.507 e. The molecule has 1 rings (SSSR count). The van der Waals surface area contributed by atoms with Gasteiger partial charge in [0.15, 0.2) is 0 Å². The Morgan fingerprint density at radius 1 is 1.47 bits per heavy atom. The number of rotatable bonds is 3. The van der Waals surface area contributed by atoms with Crippen molar-refractivity contribution in [2.24, 2.45) is 0 Å². The minimum absolute atomic E-state index is 0.137. The summed E-state index contributed by atoms with van der Waals surface area (Å²) in [6.07, 6.45) is 0. The first-order valence-corrected chi connectivity index (χ1v) is 6.60. The lowest BCUT2D eigenvalue weighted by atomic mass is 10.1. The van der Waals surface area contributed by atoms with E-state index >= 15 is 0 Å². The molecule has 1 aromatic carbocycles. The molecule has 0 bridgehead atoms. The van der Waals surface area contributed by atoms with Crippen LogP contribution in [0, 0.1) is 6.92 Å². The van der Waals surface area contributed by atoms with Crippen LogP contribution in [-0.2, 0) is 14.8 Å².